The third-order valence-corrected chi connectivity index (χ3v) is 7.43. The predicted octanol–water partition coefficient (Wildman–Crippen LogP) is 5.48. The van der Waals surface area contributed by atoms with Gasteiger partial charge in [0, 0.05) is 18.2 Å². The largest absolute Gasteiger partial charge is 0.489 e. The van der Waals surface area contributed by atoms with E-state index in [0.717, 1.165) is 47.6 Å². The van der Waals surface area contributed by atoms with Crippen molar-refractivity contribution < 1.29 is 9.53 Å². The molecule has 2 aromatic carbocycles. The molecule has 1 heterocycles. The monoisotopic (exact) mass is 391 g/mol. The van der Waals surface area contributed by atoms with Gasteiger partial charge in [-0.15, -0.1) is 0 Å². The highest BCUT2D eigenvalue weighted by atomic mass is 16.5. The number of likely N-dealkylation sites (tertiary alicyclic amines) is 1. The normalized spacial score (nSPS) is 27.6. The molecule has 1 saturated heterocycles. The Morgan fingerprint density at radius 2 is 1.90 bits per heavy atom. The van der Waals surface area contributed by atoms with E-state index in [9.17, 15) is 4.79 Å². The van der Waals surface area contributed by atoms with Gasteiger partial charge in [-0.1, -0.05) is 44.2 Å². The summed E-state index contributed by atoms with van der Waals surface area (Å²) in [6, 6.07) is 16.7. The van der Waals surface area contributed by atoms with Crippen molar-refractivity contribution in [2.75, 3.05) is 13.1 Å². The van der Waals surface area contributed by atoms with Crippen LogP contribution in [0.3, 0.4) is 0 Å². The predicted molar refractivity (Wildman–Crippen MR) is 117 cm³/mol. The first-order valence-corrected chi connectivity index (χ1v) is 11.0. The van der Waals surface area contributed by atoms with E-state index in [1.807, 2.05) is 30.3 Å². The molecule has 154 valence electrons. The lowest BCUT2D eigenvalue weighted by Crippen LogP contribution is -2.53. The van der Waals surface area contributed by atoms with Gasteiger partial charge in [-0.05, 0) is 79.3 Å². The van der Waals surface area contributed by atoms with Crippen LogP contribution >= 0.6 is 0 Å². The molecule has 1 aliphatic carbocycles. The zero-order valence-corrected chi connectivity index (χ0v) is 17.9. The van der Waals surface area contributed by atoms with Crippen molar-refractivity contribution in [3.63, 3.8) is 0 Å². The van der Waals surface area contributed by atoms with Gasteiger partial charge in [0.05, 0.1) is 0 Å². The fourth-order valence-corrected chi connectivity index (χ4v) is 4.89. The molecule has 3 nitrogen and oxygen atoms in total. The molecule has 3 atom stereocenters. The summed E-state index contributed by atoms with van der Waals surface area (Å²) in [7, 11) is 0. The first-order valence-electron chi connectivity index (χ1n) is 11.0. The smallest absolute Gasteiger partial charge is 0.150 e. The number of ether oxygens (including phenoxy) is 1. The number of nitrogens with zero attached hydrogens (tertiary/aromatic N) is 1. The SMILES string of the molecule is CC1C(C)C(C)(c2cc(OCc3ccccc3)ccc2C=O)CCN1CC1CC1. The molecule has 1 aliphatic heterocycles. The van der Waals surface area contributed by atoms with Gasteiger partial charge in [0.15, 0.2) is 0 Å². The van der Waals surface area contributed by atoms with Gasteiger partial charge in [-0.25, -0.2) is 0 Å². The average Bonchev–Trinajstić information content (AvgIpc) is 3.57. The molecule has 0 N–H and O–H groups in total. The maximum atomic E-state index is 11.9. The number of aldehydes is 1. The quantitative estimate of drug-likeness (QED) is 0.586. The second-order valence-electron chi connectivity index (χ2n) is 9.28. The van der Waals surface area contributed by atoms with Crippen LogP contribution in [0.1, 0.15) is 61.5 Å². The van der Waals surface area contributed by atoms with Gasteiger partial charge in [0.25, 0.3) is 0 Å². The molecule has 2 aliphatic rings. The van der Waals surface area contributed by atoms with E-state index in [1.165, 1.54) is 19.4 Å². The van der Waals surface area contributed by atoms with Gasteiger partial charge in [-0.2, -0.15) is 0 Å². The third kappa shape index (κ3) is 4.25. The van der Waals surface area contributed by atoms with Crippen LogP contribution in [0.2, 0.25) is 0 Å². The highest BCUT2D eigenvalue weighted by Crippen LogP contribution is 2.45. The van der Waals surface area contributed by atoms with E-state index in [-0.39, 0.29) is 5.41 Å². The summed E-state index contributed by atoms with van der Waals surface area (Å²) in [5.41, 5.74) is 3.06. The molecule has 0 aromatic heterocycles. The zero-order valence-electron chi connectivity index (χ0n) is 17.9. The molecule has 3 unspecified atom stereocenters. The number of rotatable bonds is 7. The van der Waals surface area contributed by atoms with Crippen LogP contribution in [0, 0.1) is 11.8 Å². The van der Waals surface area contributed by atoms with E-state index in [1.54, 1.807) is 0 Å². The maximum absolute atomic E-state index is 11.9. The summed E-state index contributed by atoms with van der Waals surface area (Å²) >= 11 is 0. The Balaban J connectivity index is 1.56. The van der Waals surface area contributed by atoms with Gasteiger partial charge < -0.3 is 9.64 Å². The second-order valence-corrected chi connectivity index (χ2v) is 9.28. The molecule has 0 radical (unpaired) electrons. The zero-order chi connectivity index (χ0) is 20.4. The minimum atomic E-state index is -0.0260. The van der Waals surface area contributed by atoms with Gasteiger partial charge >= 0.3 is 0 Å². The second kappa shape index (κ2) is 8.31. The molecule has 1 saturated carbocycles. The van der Waals surface area contributed by atoms with E-state index in [4.69, 9.17) is 4.74 Å². The van der Waals surface area contributed by atoms with E-state index >= 15 is 0 Å². The lowest BCUT2D eigenvalue weighted by molar-refractivity contribution is 0.0493. The standard InChI is InChI=1S/C26H33NO2/c1-19-20(2)27(16-21-9-10-21)14-13-26(19,3)25-15-24(12-11-23(25)17-28)29-18-22-7-5-4-6-8-22/h4-8,11-12,15,17,19-21H,9-10,13-14,16,18H2,1-3H3. The number of carbonyl (C=O) groups is 1. The van der Waals surface area contributed by atoms with Crippen molar-refractivity contribution in [2.45, 2.75) is 58.1 Å². The van der Waals surface area contributed by atoms with Crippen LogP contribution in [0.4, 0.5) is 0 Å². The molecule has 4 rings (SSSR count). The molecule has 0 spiro atoms. The Morgan fingerprint density at radius 3 is 2.59 bits per heavy atom. The van der Waals surface area contributed by atoms with Gasteiger partial charge in [0.2, 0.25) is 0 Å². The molecular formula is C26H33NO2. The van der Waals surface area contributed by atoms with E-state index in [0.29, 0.717) is 18.6 Å². The van der Waals surface area contributed by atoms with E-state index in [2.05, 4.69) is 43.9 Å². The minimum absolute atomic E-state index is 0.0260. The molecule has 3 heteroatoms. The average molecular weight is 392 g/mol. The molecule has 0 bridgehead atoms. The Hall–Kier alpha value is -2.13. The van der Waals surface area contributed by atoms with Crippen molar-refractivity contribution in [1.82, 2.24) is 4.90 Å². The van der Waals surface area contributed by atoms with E-state index < -0.39 is 0 Å². The van der Waals surface area contributed by atoms with Crippen LogP contribution in [0.5, 0.6) is 5.75 Å². The fourth-order valence-electron chi connectivity index (χ4n) is 4.89. The molecule has 0 amide bonds. The van der Waals surface area contributed by atoms with Crippen molar-refractivity contribution in [3.05, 3.63) is 65.2 Å². The lowest BCUT2D eigenvalue weighted by atomic mass is 9.64. The topological polar surface area (TPSA) is 29.5 Å². The summed E-state index contributed by atoms with van der Waals surface area (Å²) in [5, 5.41) is 0. The highest BCUT2D eigenvalue weighted by molar-refractivity contribution is 5.78. The molecule has 2 aromatic rings. The Bertz CT molecular complexity index is 845. The summed E-state index contributed by atoms with van der Waals surface area (Å²) in [4.78, 5) is 14.5. The Kier molecular flexibility index (Phi) is 5.78. The summed E-state index contributed by atoms with van der Waals surface area (Å²) in [5.74, 6) is 2.23. The third-order valence-electron chi connectivity index (χ3n) is 7.43. The van der Waals surface area contributed by atoms with Gasteiger partial charge in [0.1, 0.15) is 18.6 Å². The van der Waals surface area contributed by atoms with Crippen LogP contribution in [0.25, 0.3) is 0 Å². The number of hydrogen-bond acceptors (Lipinski definition) is 3. The first-order chi connectivity index (χ1) is 14.0. The van der Waals surface area contributed by atoms with Crippen molar-refractivity contribution in [3.8, 4) is 5.75 Å². The maximum Gasteiger partial charge on any atom is 0.150 e. The number of carbonyl (C=O) groups excluding carboxylic acids is 1. The van der Waals surface area contributed by atoms with Crippen molar-refractivity contribution in [2.24, 2.45) is 11.8 Å². The Labute approximate surface area is 175 Å². The van der Waals surface area contributed by atoms with Crippen LogP contribution in [-0.2, 0) is 12.0 Å². The lowest BCUT2D eigenvalue weighted by Gasteiger charge is -2.50. The van der Waals surface area contributed by atoms with Crippen molar-refractivity contribution >= 4 is 6.29 Å². The van der Waals surface area contributed by atoms with Crippen LogP contribution in [-0.4, -0.2) is 30.3 Å². The number of hydrogen-bond donors (Lipinski definition) is 0. The highest BCUT2D eigenvalue weighted by Gasteiger charge is 2.44. The molecular weight excluding hydrogens is 358 g/mol. The van der Waals surface area contributed by atoms with Crippen LogP contribution in [0.15, 0.2) is 48.5 Å². The van der Waals surface area contributed by atoms with Crippen LogP contribution < -0.4 is 4.74 Å². The minimum Gasteiger partial charge on any atom is -0.489 e. The Morgan fingerprint density at radius 1 is 1.14 bits per heavy atom. The van der Waals surface area contributed by atoms with Gasteiger partial charge in [-0.3, -0.25) is 4.79 Å². The van der Waals surface area contributed by atoms with Crippen molar-refractivity contribution in [1.29, 1.82) is 0 Å². The summed E-state index contributed by atoms with van der Waals surface area (Å²) < 4.78 is 6.09. The molecule has 2 fully saturated rings. The summed E-state index contributed by atoms with van der Waals surface area (Å²) in [6.07, 6.45) is 4.87. The number of piperidine rings is 1. The summed E-state index contributed by atoms with van der Waals surface area (Å²) in [6.45, 7) is 9.94. The molecule has 29 heavy (non-hydrogen) atoms. The number of benzene rings is 2. The fraction of sp³-hybridized carbons (Fsp3) is 0.500. The first kappa shape index (κ1) is 20.2.